The number of nitrogens with one attached hydrogen (secondary N) is 2. The fourth-order valence-electron chi connectivity index (χ4n) is 9.98. The van der Waals surface area contributed by atoms with E-state index in [9.17, 15) is 55.5 Å². The van der Waals surface area contributed by atoms with E-state index in [0.717, 1.165) is 58.3 Å². The van der Waals surface area contributed by atoms with Gasteiger partial charge in [-0.25, -0.2) is 0 Å². The van der Waals surface area contributed by atoms with Gasteiger partial charge in [0.1, 0.15) is 61.0 Å². The van der Waals surface area contributed by atoms with Crippen LogP contribution in [0.3, 0.4) is 0 Å². The zero-order valence-electron chi connectivity index (χ0n) is 45.0. The average molecular weight is 1040 g/mol. The van der Waals surface area contributed by atoms with Crippen molar-refractivity contribution >= 4 is 11.8 Å². The van der Waals surface area contributed by atoms with Crippen molar-refractivity contribution in [2.45, 2.75) is 318 Å². The second-order valence-electron chi connectivity index (χ2n) is 21.1. The second kappa shape index (κ2) is 41.6. The SMILES string of the molecule is CCCCCCCCCCCCCCCCCCCCCCC(O)C(=O)NC(COC1OC(CO)C(O)C(OC2OC(CO)C(O)C(O)C2NC(C)=O)C1O)C(O)C(O)CCCCCCCCCCCCC. The fourth-order valence-corrected chi connectivity index (χ4v) is 9.98. The van der Waals surface area contributed by atoms with Gasteiger partial charge in [0.2, 0.25) is 11.8 Å². The van der Waals surface area contributed by atoms with Gasteiger partial charge >= 0.3 is 0 Å². The normalized spacial score (nSPS) is 26.3. The summed E-state index contributed by atoms with van der Waals surface area (Å²) in [5, 5.41) is 102. The maximum Gasteiger partial charge on any atom is 0.249 e. The van der Waals surface area contributed by atoms with Crippen LogP contribution >= 0.6 is 0 Å². The molecule has 0 aliphatic carbocycles. The van der Waals surface area contributed by atoms with E-state index in [2.05, 4.69) is 24.5 Å². The zero-order valence-corrected chi connectivity index (χ0v) is 45.0. The second-order valence-corrected chi connectivity index (χ2v) is 21.1. The molecule has 2 heterocycles. The molecule has 0 spiro atoms. The molecule has 0 aromatic carbocycles. The first kappa shape index (κ1) is 66.5. The fraction of sp³-hybridized carbons (Fsp3) is 0.964. The summed E-state index contributed by atoms with van der Waals surface area (Å²) in [4.78, 5) is 25.5. The van der Waals surface area contributed by atoms with Gasteiger partial charge < -0.3 is 75.5 Å². The number of amides is 2. The molecule has 17 heteroatoms. The van der Waals surface area contributed by atoms with Gasteiger partial charge in [-0.15, -0.1) is 0 Å². The van der Waals surface area contributed by atoms with Gasteiger partial charge in [-0.2, -0.15) is 0 Å². The Morgan fingerprint density at radius 3 is 1.32 bits per heavy atom. The molecule has 0 aromatic rings. The highest BCUT2D eigenvalue weighted by atomic mass is 16.7. The third-order valence-electron chi connectivity index (χ3n) is 14.7. The molecule has 14 atom stereocenters. The van der Waals surface area contributed by atoms with Gasteiger partial charge in [0, 0.05) is 6.92 Å². The lowest BCUT2D eigenvalue weighted by atomic mass is 9.95. The van der Waals surface area contributed by atoms with Crippen LogP contribution < -0.4 is 10.6 Å². The molecular weight excluding hydrogens is 929 g/mol. The molecule has 426 valence electrons. The van der Waals surface area contributed by atoms with Crippen LogP contribution in [-0.2, 0) is 28.5 Å². The van der Waals surface area contributed by atoms with Crippen molar-refractivity contribution in [2.75, 3.05) is 19.8 Å². The summed E-state index contributed by atoms with van der Waals surface area (Å²) >= 11 is 0. The minimum absolute atomic E-state index is 0.195. The summed E-state index contributed by atoms with van der Waals surface area (Å²) in [5.41, 5.74) is 0. The maximum absolute atomic E-state index is 13.4. The first-order valence-electron chi connectivity index (χ1n) is 28.9. The maximum atomic E-state index is 13.4. The van der Waals surface area contributed by atoms with Gasteiger partial charge in [0.05, 0.1) is 32.0 Å². The van der Waals surface area contributed by atoms with Crippen LogP contribution in [0.1, 0.15) is 233 Å². The highest BCUT2D eigenvalue weighted by molar-refractivity contribution is 5.80. The largest absolute Gasteiger partial charge is 0.394 e. The lowest BCUT2D eigenvalue weighted by Crippen LogP contribution is -2.68. The highest BCUT2D eigenvalue weighted by Crippen LogP contribution is 2.30. The number of ether oxygens (including phenoxy) is 4. The zero-order chi connectivity index (χ0) is 52.9. The van der Waals surface area contributed by atoms with Crippen LogP contribution in [0.2, 0.25) is 0 Å². The Morgan fingerprint density at radius 1 is 0.514 bits per heavy atom. The summed E-state index contributed by atoms with van der Waals surface area (Å²) in [5.74, 6) is -1.40. The molecule has 14 unspecified atom stereocenters. The van der Waals surface area contributed by atoms with Gasteiger partial charge in [-0.1, -0.05) is 213 Å². The van der Waals surface area contributed by atoms with Crippen molar-refractivity contribution in [3.63, 3.8) is 0 Å². The number of aliphatic hydroxyl groups is 9. The Hall–Kier alpha value is -1.58. The van der Waals surface area contributed by atoms with E-state index in [0.29, 0.717) is 12.8 Å². The third kappa shape index (κ3) is 27.5. The monoisotopic (exact) mass is 1030 g/mol. The number of hydrogen-bond donors (Lipinski definition) is 11. The molecule has 0 aromatic heterocycles. The third-order valence-corrected chi connectivity index (χ3v) is 14.7. The van der Waals surface area contributed by atoms with Crippen LogP contribution in [0, 0.1) is 0 Å². The number of aliphatic hydroxyl groups excluding tert-OH is 9. The number of unbranched alkanes of at least 4 members (excludes halogenated alkanes) is 29. The van der Waals surface area contributed by atoms with Crippen molar-refractivity contribution in [3.8, 4) is 0 Å². The lowest BCUT2D eigenvalue weighted by Gasteiger charge is -2.47. The van der Waals surface area contributed by atoms with E-state index < -0.39 is 117 Å². The molecule has 2 fully saturated rings. The molecule has 2 aliphatic rings. The summed E-state index contributed by atoms with van der Waals surface area (Å²) < 4.78 is 23.2. The first-order chi connectivity index (χ1) is 34.8. The topological polar surface area (TPSA) is 277 Å². The Labute approximate surface area is 433 Å². The van der Waals surface area contributed by atoms with Crippen molar-refractivity contribution < 1.29 is 74.5 Å². The van der Waals surface area contributed by atoms with Crippen LogP contribution in [-0.4, -0.2) is 163 Å². The van der Waals surface area contributed by atoms with Crippen LogP contribution in [0.4, 0.5) is 0 Å². The predicted octanol–water partition coefficient (Wildman–Crippen LogP) is 6.25. The molecule has 2 aliphatic heterocycles. The minimum Gasteiger partial charge on any atom is -0.394 e. The van der Waals surface area contributed by atoms with Crippen molar-refractivity contribution in [1.82, 2.24) is 10.6 Å². The van der Waals surface area contributed by atoms with Gasteiger partial charge in [0.15, 0.2) is 12.6 Å². The average Bonchev–Trinajstić information content (AvgIpc) is 3.36. The molecule has 2 rings (SSSR count). The number of hydrogen-bond acceptors (Lipinski definition) is 15. The summed E-state index contributed by atoms with van der Waals surface area (Å²) in [6.45, 7) is 3.54. The summed E-state index contributed by atoms with van der Waals surface area (Å²) in [6, 6.07) is -2.71. The Balaban J connectivity index is 1.92. The summed E-state index contributed by atoms with van der Waals surface area (Å²) in [7, 11) is 0. The van der Waals surface area contributed by atoms with E-state index in [1.807, 2.05) is 0 Å². The molecule has 17 nitrogen and oxygen atoms in total. The molecular formula is C55H106N2O15. The lowest BCUT2D eigenvalue weighted by molar-refractivity contribution is -0.348. The Morgan fingerprint density at radius 2 is 0.903 bits per heavy atom. The van der Waals surface area contributed by atoms with E-state index in [-0.39, 0.29) is 12.8 Å². The Kier molecular flexibility index (Phi) is 38.4. The molecule has 2 amide bonds. The predicted molar refractivity (Wildman–Crippen MR) is 278 cm³/mol. The number of carbonyl (C=O) groups is 2. The smallest absolute Gasteiger partial charge is 0.249 e. The van der Waals surface area contributed by atoms with Crippen LogP contribution in [0.15, 0.2) is 0 Å². The minimum atomic E-state index is -1.85. The highest BCUT2D eigenvalue weighted by Gasteiger charge is 2.51. The van der Waals surface area contributed by atoms with E-state index in [4.69, 9.17) is 18.9 Å². The molecule has 72 heavy (non-hydrogen) atoms. The molecule has 0 bridgehead atoms. The van der Waals surface area contributed by atoms with Gasteiger partial charge in [-0.3, -0.25) is 9.59 Å². The van der Waals surface area contributed by atoms with E-state index in [1.54, 1.807) is 0 Å². The van der Waals surface area contributed by atoms with Gasteiger partial charge in [0.25, 0.3) is 0 Å². The molecule has 11 N–H and O–H groups in total. The van der Waals surface area contributed by atoms with E-state index >= 15 is 0 Å². The number of rotatable bonds is 45. The summed E-state index contributed by atoms with van der Waals surface area (Å²) in [6.07, 6.45) is 18.6. The van der Waals surface area contributed by atoms with Gasteiger partial charge in [-0.05, 0) is 12.8 Å². The molecule has 2 saturated heterocycles. The molecule has 0 saturated carbocycles. The standard InChI is InChI=1S/C55H106N2O15/c1-4-6-8-10-12-14-16-17-18-19-20-21-22-23-24-26-28-30-32-34-36-43(62)53(68)57-41(47(63)42(61)35-33-31-29-27-25-15-13-11-9-7-5-2)39-69-55-51(67)52(49(65)45(38-59)71-55)72-54-46(56-40(3)60)50(66)48(64)44(37-58)70-54/h41-52,54-55,58-59,61-67H,4-39H2,1-3H3,(H,56,60)(H,57,68). The van der Waals surface area contributed by atoms with Crippen LogP contribution in [0.5, 0.6) is 0 Å². The Bertz CT molecular complexity index is 1320. The first-order valence-corrected chi connectivity index (χ1v) is 28.9. The van der Waals surface area contributed by atoms with Crippen LogP contribution in [0.25, 0.3) is 0 Å². The van der Waals surface area contributed by atoms with Crippen molar-refractivity contribution in [2.24, 2.45) is 0 Å². The quantitative estimate of drug-likeness (QED) is 0.0301. The van der Waals surface area contributed by atoms with Crippen molar-refractivity contribution in [1.29, 1.82) is 0 Å². The van der Waals surface area contributed by atoms with E-state index in [1.165, 1.54) is 135 Å². The number of carbonyl (C=O) groups excluding carboxylic acids is 2. The molecule has 0 radical (unpaired) electrons. The van der Waals surface area contributed by atoms with Crippen molar-refractivity contribution in [3.05, 3.63) is 0 Å².